The molecule has 0 heterocycles. The highest BCUT2D eigenvalue weighted by Gasteiger charge is 2.18. The summed E-state index contributed by atoms with van der Waals surface area (Å²) in [6, 6.07) is 16.3. The molecule has 0 spiro atoms. The fraction of sp³-hybridized carbons (Fsp3) is 0.381. The maximum Gasteiger partial charge on any atom is 0.254 e. The molecule has 0 fully saturated rings. The van der Waals surface area contributed by atoms with Crippen molar-refractivity contribution in [2.24, 2.45) is 0 Å². The van der Waals surface area contributed by atoms with Crippen molar-refractivity contribution < 1.29 is 9.53 Å². The van der Waals surface area contributed by atoms with Crippen LogP contribution in [0.2, 0.25) is 0 Å². The van der Waals surface area contributed by atoms with Crippen molar-refractivity contribution in [2.45, 2.75) is 32.2 Å². The molecule has 0 aliphatic heterocycles. The summed E-state index contributed by atoms with van der Waals surface area (Å²) < 4.78 is 5.19. The molecule has 2 aromatic rings. The number of aryl methyl sites for hydroxylation is 2. The molecule has 1 aliphatic carbocycles. The number of carbonyl (C=O) groups excluding carboxylic acids is 1. The highest BCUT2D eigenvalue weighted by atomic mass is 16.5. The van der Waals surface area contributed by atoms with Crippen LogP contribution in [0.5, 0.6) is 0 Å². The van der Waals surface area contributed by atoms with Crippen molar-refractivity contribution in [1.29, 1.82) is 0 Å². The third-order valence-electron chi connectivity index (χ3n) is 4.66. The summed E-state index contributed by atoms with van der Waals surface area (Å²) in [6.45, 7) is 1.75. The smallest absolute Gasteiger partial charge is 0.254 e. The first-order valence-electron chi connectivity index (χ1n) is 8.72. The molecule has 0 atom stereocenters. The summed E-state index contributed by atoms with van der Waals surface area (Å²) in [6.07, 6.45) is 4.71. The van der Waals surface area contributed by atoms with Crippen LogP contribution in [-0.4, -0.2) is 31.1 Å². The molecule has 0 unspecified atom stereocenters. The van der Waals surface area contributed by atoms with E-state index >= 15 is 0 Å². The first kappa shape index (κ1) is 16.7. The minimum Gasteiger partial charge on any atom is -0.383 e. The van der Waals surface area contributed by atoms with Crippen LogP contribution >= 0.6 is 0 Å². The van der Waals surface area contributed by atoms with E-state index in [4.69, 9.17) is 4.74 Å². The van der Waals surface area contributed by atoms with Gasteiger partial charge in [-0.2, -0.15) is 0 Å². The second-order valence-electron chi connectivity index (χ2n) is 6.40. The van der Waals surface area contributed by atoms with Crippen LogP contribution < -0.4 is 0 Å². The minimum atomic E-state index is 0.0873. The summed E-state index contributed by atoms with van der Waals surface area (Å²) in [5, 5.41) is 0. The van der Waals surface area contributed by atoms with Gasteiger partial charge in [0.15, 0.2) is 0 Å². The molecule has 0 saturated carbocycles. The molecule has 0 saturated heterocycles. The highest BCUT2D eigenvalue weighted by Crippen LogP contribution is 2.23. The Hall–Kier alpha value is -2.13. The summed E-state index contributed by atoms with van der Waals surface area (Å²) in [5.41, 5.74) is 4.69. The summed E-state index contributed by atoms with van der Waals surface area (Å²) in [4.78, 5) is 14.9. The van der Waals surface area contributed by atoms with Gasteiger partial charge in [-0.15, -0.1) is 0 Å². The van der Waals surface area contributed by atoms with Gasteiger partial charge in [-0.3, -0.25) is 4.79 Å². The largest absolute Gasteiger partial charge is 0.383 e. The van der Waals surface area contributed by atoms with Gasteiger partial charge in [0.05, 0.1) is 6.61 Å². The number of hydrogen-bond acceptors (Lipinski definition) is 2. The Kier molecular flexibility index (Phi) is 5.65. The van der Waals surface area contributed by atoms with E-state index < -0.39 is 0 Å². The third-order valence-corrected chi connectivity index (χ3v) is 4.66. The molecule has 1 aliphatic rings. The van der Waals surface area contributed by atoms with Gasteiger partial charge in [-0.1, -0.05) is 36.4 Å². The summed E-state index contributed by atoms with van der Waals surface area (Å²) in [5.74, 6) is 0.0873. The van der Waals surface area contributed by atoms with Gasteiger partial charge in [-0.25, -0.2) is 0 Å². The molecule has 0 bridgehead atoms. The Morgan fingerprint density at radius 3 is 2.54 bits per heavy atom. The standard InChI is InChI=1S/C21H25NO2/c1-24-14-13-22(16-17-7-3-2-4-8-17)21(23)20-12-11-18-9-5-6-10-19(18)15-20/h2-4,7-8,11-12,15H,5-6,9-10,13-14,16H2,1H3. The van der Waals surface area contributed by atoms with E-state index in [2.05, 4.69) is 24.3 Å². The Morgan fingerprint density at radius 1 is 1.04 bits per heavy atom. The number of amides is 1. The normalized spacial score (nSPS) is 13.4. The van der Waals surface area contributed by atoms with E-state index in [0.717, 1.165) is 24.0 Å². The predicted octanol–water partition coefficient (Wildman–Crippen LogP) is 3.85. The molecule has 0 N–H and O–H groups in total. The minimum absolute atomic E-state index is 0.0873. The zero-order valence-corrected chi connectivity index (χ0v) is 14.3. The molecule has 3 rings (SSSR count). The van der Waals surface area contributed by atoms with Gasteiger partial charge in [-0.05, 0) is 54.5 Å². The molecule has 2 aromatic carbocycles. The Labute approximate surface area is 144 Å². The monoisotopic (exact) mass is 323 g/mol. The van der Waals surface area contributed by atoms with E-state index in [-0.39, 0.29) is 5.91 Å². The Bertz CT molecular complexity index is 681. The predicted molar refractivity (Wildman–Crippen MR) is 96.1 cm³/mol. The number of carbonyl (C=O) groups is 1. The lowest BCUT2D eigenvalue weighted by molar-refractivity contribution is 0.0680. The molecule has 24 heavy (non-hydrogen) atoms. The highest BCUT2D eigenvalue weighted by molar-refractivity contribution is 5.94. The van der Waals surface area contributed by atoms with Crippen LogP contribution in [0, 0.1) is 0 Å². The molecule has 126 valence electrons. The summed E-state index contributed by atoms with van der Waals surface area (Å²) in [7, 11) is 1.67. The van der Waals surface area contributed by atoms with Gasteiger partial charge < -0.3 is 9.64 Å². The van der Waals surface area contributed by atoms with Crippen LogP contribution in [0.4, 0.5) is 0 Å². The Balaban J connectivity index is 1.79. The topological polar surface area (TPSA) is 29.5 Å². The SMILES string of the molecule is COCCN(Cc1ccccc1)C(=O)c1ccc2c(c1)CCCC2. The third kappa shape index (κ3) is 4.04. The number of ether oxygens (including phenoxy) is 1. The maximum atomic E-state index is 13.0. The molecule has 0 radical (unpaired) electrons. The van der Waals surface area contributed by atoms with Crippen LogP contribution in [-0.2, 0) is 24.1 Å². The molecule has 3 heteroatoms. The lowest BCUT2D eigenvalue weighted by atomic mass is 9.90. The number of benzene rings is 2. The van der Waals surface area contributed by atoms with E-state index in [1.807, 2.05) is 29.2 Å². The number of hydrogen-bond donors (Lipinski definition) is 0. The maximum absolute atomic E-state index is 13.0. The first-order chi connectivity index (χ1) is 11.8. The fourth-order valence-corrected chi connectivity index (χ4v) is 3.31. The zero-order chi connectivity index (χ0) is 16.8. The van der Waals surface area contributed by atoms with Gasteiger partial charge in [0.2, 0.25) is 0 Å². The molecule has 0 aromatic heterocycles. The molecular formula is C21H25NO2. The van der Waals surface area contributed by atoms with Gasteiger partial charge in [0, 0.05) is 25.8 Å². The van der Waals surface area contributed by atoms with Gasteiger partial charge >= 0.3 is 0 Å². The van der Waals surface area contributed by atoms with Crippen molar-refractivity contribution in [1.82, 2.24) is 4.90 Å². The molecule has 3 nitrogen and oxygen atoms in total. The van der Waals surface area contributed by atoms with Crippen LogP contribution in [0.1, 0.15) is 39.9 Å². The average molecular weight is 323 g/mol. The van der Waals surface area contributed by atoms with Crippen molar-refractivity contribution >= 4 is 5.91 Å². The van der Waals surface area contributed by atoms with E-state index in [0.29, 0.717) is 19.7 Å². The average Bonchev–Trinajstić information content (AvgIpc) is 2.65. The van der Waals surface area contributed by atoms with Crippen LogP contribution in [0.15, 0.2) is 48.5 Å². The molecule has 1 amide bonds. The number of rotatable bonds is 6. The van der Waals surface area contributed by atoms with E-state index in [1.54, 1.807) is 7.11 Å². The number of fused-ring (bicyclic) bond motifs is 1. The van der Waals surface area contributed by atoms with Crippen LogP contribution in [0.3, 0.4) is 0 Å². The van der Waals surface area contributed by atoms with Gasteiger partial charge in [0.1, 0.15) is 0 Å². The van der Waals surface area contributed by atoms with Crippen LogP contribution in [0.25, 0.3) is 0 Å². The zero-order valence-electron chi connectivity index (χ0n) is 14.3. The first-order valence-corrected chi connectivity index (χ1v) is 8.72. The van der Waals surface area contributed by atoms with E-state index in [1.165, 1.54) is 24.0 Å². The second kappa shape index (κ2) is 8.11. The van der Waals surface area contributed by atoms with Gasteiger partial charge in [0.25, 0.3) is 5.91 Å². The Morgan fingerprint density at radius 2 is 1.79 bits per heavy atom. The molecular weight excluding hydrogens is 298 g/mol. The lowest BCUT2D eigenvalue weighted by Gasteiger charge is -2.24. The fourth-order valence-electron chi connectivity index (χ4n) is 3.31. The number of nitrogens with zero attached hydrogens (tertiary/aromatic N) is 1. The van der Waals surface area contributed by atoms with Crippen molar-refractivity contribution in [2.75, 3.05) is 20.3 Å². The van der Waals surface area contributed by atoms with Crippen molar-refractivity contribution in [3.63, 3.8) is 0 Å². The summed E-state index contributed by atoms with van der Waals surface area (Å²) >= 11 is 0. The lowest BCUT2D eigenvalue weighted by Crippen LogP contribution is -2.33. The van der Waals surface area contributed by atoms with Crippen molar-refractivity contribution in [3.8, 4) is 0 Å². The number of methoxy groups -OCH3 is 1. The second-order valence-corrected chi connectivity index (χ2v) is 6.40. The van der Waals surface area contributed by atoms with Crippen molar-refractivity contribution in [3.05, 3.63) is 70.8 Å². The quantitative estimate of drug-likeness (QED) is 0.808. The van der Waals surface area contributed by atoms with E-state index in [9.17, 15) is 4.79 Å².